The van der Waals surface area contributed by atoms with Gasteiger partial charge in [-0.15, -0.1) is 0 Å². The third kappa shape index (κ3) is 3.27. The minimum absolute atomic E-state index is 0.280. The molecule has 1 aliphatic rings. The SMILES string of the molecule is Cc1ccccccc2c(c1)C/C(=C\CN=O)C2. The quantitative estimate of drug-likeness (QED) is 0.568. The summed E-state index contributed by atoms with van der Waals surface area (Å²) in [6.45, 7) is 2.39. The van der Waals surface area contributed by atoms with E-state index in [0.29, 0.717) is 0 Å². The maximum absolute atomic E-state index is 10.2. The molecule has 2 nitrogen and oxygen atoms in total. The maximum Gasteiger partial charge on any atom is 0.0995 e. The Balaban J connectivity index is 2.42. The van der Waals surface area contributed by atoms with Gasteiger partial charge in [-0.3, -0.25) is 0 Å². The van der Waals surface area contributed by atoms with Crippen LogP contribution in [0, 0.1) is 11.8 Å². The van der Waals surface area contributed by atoms with Crippen molar-refractivity contribution in [1.29, 1.82) is 0 Å². The molecule has 0 radical (unpaired) electrons. The van der Waals surface area contributed by atoms with Gasteiger partial charge in [0.2, 0.25) is 0 Å². The molecule has 0 heterocycles. The first-order valence-electron chi connectivity index (χ1n) is 6.18. The van der Waals surface area contributed by atoms with Crippen LogP contribution in [0.5, 0.6) is 0 Å². The van der Waals surface area contributed by atoms with Crippen molar-refractivity contribution in [3.05, 3.63) is 75.7 Å². The molecule has 18 heavy (non-hydrogen) atoms. The molecule has 1 aromatic rings. The molecule has 0 aromatic heterocycles. The molecule has 0 spiro atoms. The van der Waals surface area contributed by atoms with Crippen LogP contribution in [-0.2, 0) is 12.8 Å². The van der Waals surface area contributed by atoms with Crippen LogP contribution in [0.15, 0.2) is 59.3 Å². The largest absolute Gasteiger partial charge is 0.150 e. The lowest BCUT2D eigenvalue weighted by Gasteiger charge is -1.93. The van der Waals surface area contributed by atoms with Crippen molar-refractivity contribution < 1.29 is 0 Å². The first-order chi connectivity index (χ1) is 8.79. The summed E-state index contributed by atoms with van der Waals surface area (Å²) in [4.78, 5) is 10.2. The Morgan fingerprint density at radius 2 is 1.83 bits per heavy atom. The van der Waals surface area contributed by atoms with Gasteiger partial charge in [-0.1, -0.05) is 64.9 Å². The number of rotatable bonds is 2. The Bertz CT molecular complexity index is 531. The van der Waals surface area contributed by atoms with E-state index in [1.165, 1.54) is 22.3 Å². The van der Waals surface area contributed by atoms with Crippen molar-refractivity contribution in [2.75, 3.05) is 6.54 Å². The summed E-state index contributed by atoms with van der Waals surface area (Å²) in [6, 6.07) is 14.7. The molecule has 2 heteroatoms. The molecular formula is C16H17NO. The summed E-state index contributed by atoms with van der Waals surface area (Å²) in [7, 11) is 0. The molecule has 0 atom stereocenters. The van der Waals surface area contributed by atoms with Crippen molar-refractivity contribution >= 4 is 0 Å². The van der Waals surface area contributed by atoms with E-state index in [-0.39, 0.29) is 6.54 Å². The smallest absolute Gasteiger partial charge is 0.0995 e. The number of hydrogen-bond acceptors (Lipinski definition) is 2. The Morgan fingerprint density at radius 3 is 2.61 bits per heavy atom. The van der Waals surface area contributed by atoms with Crippen molar-refractivity contribution in [2.45, 2.75) is 19.8 Å². The van der Waals surface area contributed by atoms with Crippen LogP contribution in [0.4, 0.5) is 0 Å². The molecular weight excluding hydrogens is 222 g/mol. The Hall–Kier alpha value is -1.96. The fraction of sp³-hybridized carbons (Fsp3) is 0.250. The highest BCUT2D eigenvalue weighted by atomic mass is 16.3. The van der Waals surface area contributed by atoms with Crippen LogP contribution in [0.25, 0.3) is 0 Å². The fourth-order valence-corrected chi connectivity index (χ4v) is 2.23. The second-order valence-electron chi connectivity index (χ2n) is 4.57. The molecule has 1 aliphatic carbocycles. The van der Waals surface area contributed by atoms with Gasteiger partial charge in [0.25, 0.3) is 0 Å². The minimum Gasteiger partial charge on any atom is -0.150 e. The average Bonchev–Trinajstić information content (AvgIpc) is 2.73. The monoisotopic (exact) mass is 239 g/mol. The van der Waals surface area contributed by atoms with Gasteiger partial charge in [-0.25, -0.2) is 0 Å². The summed E-state index contributed by atoms with van der Waals surface area (Å²) in [5.41, 5.74) is 5.23. The minimum atomic E-state index is 0.280. The van der Waals surface area contributed by atoms with Crippen molar-refractivity contribution in [1.82, 2.24) is 0 Å². The third-order valence-corrected chi connectivity index (χ3v) is 3.09. The fourth-order valence-electron chi connectivity index (χ4n) is 2.23. The standard InChI is InChI=1S/C16H17NO/c1-13-6-4-2-3-5-7-15-11-14(8-9-17-18)12-16(15)10-13/h2-8,10H,9,11-12H2,1H3/b3-2?,4-2?,5-3?,6-4?,7-5?,13-6?,13-10?,14-8-,15-7?,16-10?. The normalized spacial score (nSPS) is 15.1. The third-order valence-electron chi connectivity index (χ3n) is 3.09. The second kappa shape index (κ2) is 6.10. The van der Waals surface area contributed by atoms with Crippen LogP contribution in [0.3, 0.4) is 0 Å². The number of fused-ring (bicyclic) bond motifs is 1. The van der Waals surface area contributed by atoms with Gasteiger partial charge in [0, 0.05) is 0 Å². The van der Waals surface area contributed by atoms with E-state index in [9.17, 15) is 4.91 Å². The van der Waals surface area contributed by atoms with Gasteiger partial charge in [0.05, 0.1) is 6.54 Å². The van der Waals surface area contributed by atoms with Gasteiger partial charge in [0.1, 0.15) is 0 Å². The number of allylic oxidation sites excluding steroid dienone is 1. The first-order valence-corrected chi connectivity index (χ1v) is 6.18. The molecule has 0 saturated heterocycles. The Morgan fingerprint density at radius 1 is 1.11 bits per heavy atom. The average molecular weight is 239 g/mol. The highest BCUT2D eigenvalue weighted by Gasteiger charge is 2.13. The van der Waals surface area contributed by atoms with Gasteiger partial charge in [0.15, 0.2) is 0 Å². The summed E-state index contributed by atoms with van der Waals surface area (Å²) in [5.74, 6) is 0. The van der Waals surface area contributed by atoms with Gasteiger partial charge in [-0.05, 0) is 30.9 Å². The number of aryl methyl sites for hydroxylation is 1. The summed E-state index contributed by atoms with van der Waals surface area (Å²) in [6.07, 6.45) is 3.81. The van der Waals surface area contributed by atoms with Crippen LogP contribution >= 0.6 is 0 Å². The van der Waals surface area contributed by atoms with E-state index in [2.05, 4.69) is 36.4 Å². The van der Waals surface area contributed by atoms with Crippen molar-refractivity contribution in [2.24, 2.45) is 5.18 Å². The topological polar surface area (TPSA) is 29.4 Å². The van der Waals surface area contributed by atoms with Gasteiger partial charge < -0.3 is 0 Å². The predicted octanol–water partition coefficient (Wildman–Crippen LogP) is 3.91. The Kier molecular flexibility index (Phi) is 4.24. The highest BCUT2D eigenvalue weighted by Crippen LogP contribution is 2.25. The number of nitrogens with zero attached hydrogens (tertiary/aromatic N) is 1. The second-order valence-corrected chi connectivity index (χ2v) is 4.57. The van der Waals surface area contributed by atoms with Crippen molar-refractivity contribution in [3.63, 3.8) is 0 Å². The molecule has 0 amide bonds. The van der Waals surface area contributed by atoms with Crippen LogP contribution < -0.4 is 0 Å². The van der Waals surface area contributed by atoms with E-state index in [4.69, 9.17) is 0 Å². The molecule has 0 bridgehead atoms. The molecule has 2 rings (SSSR count). The number of nitroso groups, excluding NO2 is 1. The van der Waals surface area contributed by atoms with E-state index < -0.39 is 0 Å². The zero-order chi connectivity index (χ0) is 12.8. The molecule has 0 unspecified atom stereocenters. The summed E-state index contributed by atoms with van der Waals surface area (Å²) < 4.78 is 0. The van der Waals surface area contributed by atoms with Gasteiger partial charge >= 0.3 is 0 Å². The highest BCUT2D eigenvalue weighted by molar-refractivity contribution is 5.40. The summed E-state index contributed by atoms with van der Waals surface area (Å²) in [5, 5.41) is 2.90. The van der Waals surface area contributed by atoms with Crippen LogP contribution in [0.1, 0.15) is 16.7 Å². The lowest BCUT2D eigenvalue weighted by molar-refractivity contribution is 1.11. The lowest BCUT2D eigenvalue weighted by atomic mass is 10.1. The van der Waals surface area contributed by atoms with Crippen molar-refractivity contribution in [3.8, 4) is 0 Å². The maximum atomic E-state index is 10.2. The molecule has 0 aliphatic heterocycles. The molecule has 0 fully saturated rings. The number of hydrogen-bond donors (Lipinski definition) is 0. The zero-order valence-electron chi connectivity index (χ0n) is 10.6. The Labute approximate surface area is 108 Å². The van der Waals surface area contributed by atoms with E-state index in [1.807, 2.05) is 24.3 Å². The van der Waals surface area contributed by atoms with E-state index in [1.54, 1.807) is 0 Å². The molecule has 0 N–H and O–H groups in total. The molecule has 1 aromatic carbocycles. The molecule has 0 saturated carbocycles. The zero-order valence-corrected chi connectivity index (χ0v) is 10.6. The van der Waals surface area contributed by atoms with Gasteiger partial charge in [-0.2, -0.15) is 4.91 Å². The van der Waals surface area contributed by atoms with Crippen LogP contribution in [-0.4, -0.2) is 6.54 Å². The van der Waals surface area contributed by atoms with Crippen LogP contribution in [0.2, 0.25) is 0 Å². The molecule has 92 valence electrons. The first kappa shape index (κ1) is 12.5. The lowest BCUT2D eigenvalue weighted by Crippen LogP contribution is -1.82. The predicted molar refractivity (Wildman–Crippen MR) is 75.0 cm³/mol. The van der Waals surface area contributed by atoms with E-state index >= 15 is 0 Å². The summed E-state index contributed by atoms with van der Waals surface area (Å²) >= 11 is 0. The van der Waals surface area contributed by atoms with E-state index in [0.717, 1.165) is 12.8 Å².